The van der Waals surface area contributed by atoms with Crippen LogP contribution in [0.2, 0.25) is 5.02 Å². The molecule has 0 aliphatic heterocycles. The molecule has 3 aliphatic rings. The molecular formula is C22H23ClFN3O5. The Kier molecular flexibility index (Phi) is 5.96. The molecule has 8 nitrogen and oxygen atoms in total. The first-order valence-corrected chi connectivity index (χ1v) is 10.5. The molecule has 3 saturated carbocycles. The molecule has 1 heterocycles. The van der Waals surface area contributed by atoms with Crippen LogP contribution in [0.15, 0.2) is 36.5 Å². The van der Waals surface area contributed by atoms with Gasteiger partial charge in [-0.15, -0.1) is 0 Å². The highest BCUT2D eigenvalue weighted by Gasteiger charge is 2.69. The van der Waals surface area contributed by atoms with E-state index in [9.17, 15) is 19.1 Å². The second kappa shape index (κ2) is 8.55. The summed E-state index contributed by atoms with van der Waals surface area (Å²) in [4.78, 5) is 28.4. The van der Waals surface area contributed by atoms with Crippen molar-refractivity contribution >= 4 is 23.4 Å². The van der Waals surface area contributed by atoms with Gasteiger partial charge in [-0.3, -0.25) is 14.6 Å². The van der Waals surface area contributed by atoms with Crippen LogP contribution >= 0.6 is 11.6 Å². The van der Waals surface area contributed by atoms with Crippen LogP contribution in [0.5, 0.6) is 11.5 Å². The van der Waals surface area contributed by atoms with Crippen LogP contribution in [-0.4, -0.2) is 46.2 Å². The molecule has 5 rings (SSSR count). The molecule has 3 N–H and O–H groups in total. The van der Waals surface area contributed by atoms with Gasteiger partial charge in [-0.1, -0.05) is 11.6 Å². The summed E-state index contributed by atoms with van der Waals surface area (Å²) in [6.07, 6.45) is 2.70. The quantitative estimate of drug-likeness (QED) is 0.526. The molecule has 3 aliphatic carbocycles. The van der Waals surface area contributed by atoms with Gasteiger partial charge in [0.25, 0.3) is 11.8 Å². The number of ether oxygens (including phenoxy) is 2. The highest BCUT2D eigenvalue weighted by atomic mass is 35.5. The largest absolute Gasteiger partial charge is 0.484 e. The number of aromatic nitrogens is 1. The fraction of sp³-hybridized carbons (Fsp3) is 0.409. The zero-order valence-corrected chi connectivity index (χ0v) is 18.1. The summed E-state index contributed by atoms with van der Waals surface area (Å²) in [7, 11) is 0. The summed E-state index contributed by atoms with van der Waals surface area (Å²) in [6, 6.07) is 7.26. The SMILES string of the molecule is CC(O)c1ccc(OCC(=O)NC23CC(NC(=O)COc4ccc(Cl)c(F)c4)(C2)C3)cn1. The number of carbonyl (C=O) groups is 2. The van der Waals surface area contributed by atoms with Gasteiger partial charge in [0.05, 0.1) is 23.0 Å². The van der Waals surface area contributed by atoms with Crippen LogP contribution in [0.4, 0.5) is 4.39 Å². The average molecular weight is 464 g/mol. The Morgan fingerprint density at radius 1 is 1.09 bits per heavy atom. The van der Waals surface area contributed by atoms with Gasteiger partial charge in [0.2, 0.25) is 0 Å². The van der Waals surface area contributed by atoms with E-state index in [0.717, 1.165) is 6.07 Å². The van der Waals surface area contributed by atoms with Crippen molar-refractivity contribution in [1.82, 2.24) is 15.6 Å². The molecule has 0 saturated heterocycles. The van der Waals surface area contributed by atoms with Crippen molar-refractivity contribution in [2.24, 2.45) is 0 Å². The first-order chi connectivity index (χ1) is 15.2. The number of nitrogens with one attached hydrogen (secondary N) is 2. The van der Waals surface area contributed by atoms with Crippen LogP contribution in [0, 0.1) is 5.82 Å². The first kappa shape index (κ1) is 22.3. The lowest BCUT2D eigenvalue weighted by molar-refractivity contribution is -0.151. The van der Waals surface area contributed by atoms with Gasteiger partial charge < -0.3 is 25.2 Å². The van der Waals surface area contributed by atoms with E-state index >= 15 is 0 Å². The highest BCUT2D eigenvalue weighted by Crippen LogP contribution is 2.60. The second-order valence-electron chi connectivity index (χ2n) is 8.44. The molecule has 32 heavy (non-hydrogen) atoms. The topological polar surface area (TPSA) is 110 Å². The zero-order valence-electron chi connectivity index (χ0n) is 17.4. The smallest absolute Gasteiger partial charge is 0.258 e. The van der Waals surface area contributed by atoms with Crippen molar-refractivity contribution in [2.75, 3.05) is 13.2 Å². The molecule has 2 amide bonds. The minimum Gasteiger partial charge on any atom is -0.484 e. The number of carbonyl (C=O) groups excluding carboxylic acids is 2. The molecule has 1 aromatic carbocycles. The zero-order chi connectivity index (χ0) is 22.9. The van der Waals surface area contributed by atoms with Gasteiger partial charge in [-0.2, -0.15) is 0 Å². The Morgan fingerprint density at radius 3 is 2.16 bits per heavy atom. The molecule has 0 spiro atoms. The maximum absolute atomic E-state index is 13.4. The average Bonchev–Trinajstić information content (AvgIpc) is 2.71. The Morgan fingerprint density at radius 2 is 1.66 bits per heavy atom. The molecule has 1 unspecified atom stereocenters. The van der Waals surface area contributed by atoms with Gasteiger partial charge >= 0.3 is 0 Å². The van der Waals surface area contributed by atoms with E-state index in [1.165, 1.54) is 18.3 Å². The van der Waals surface area contributed by atoms with E-state index in [1.807, 2.05) is 0 Å². The van der Waals surface area contributed by atoms with E-state index in [1.54, 1.807) is 19.1 Å². The molecule has 2 aromatic rings. The number of benzene rings is 1. The van der Waals surface area contributed by atoms with Crippen LogP contribution in [0.25, 0.3) is 0 Å². The minimum atomic E-state index is -0.670. The number of rotatable bonds is 9. The lowest BCUT2D eigenvalue weighted by atomic mass is 9.44. The maximum atomic E-state index is 13.4. The number of aliphatic hydroxyl groups is 1. The molecule has 3 fully saturated rings. The molecule has 1 atom stereocenters. The van der Waals surface area contributed by atoms with Crippen LogP contribution in [0.3, 0.4) is 0 Å². The maximum Gasteiger partial charge on any atom is 0.258 e. The third kappa shape index (κ3) is 4.78. The molecule has 10 heteroatoms. The summed E-state index contributed by atoms with van der Waals surface area (Å²) in [5.74, 6) is -0.516. The summed E-state index contributed by atoms with van der Waals surface area (Å²) in [5, 5.41) is 15.3. The summed E-state index contributed by atoms with van der Waals surface area (Å²) >= 11 is 5.62. The normalized spacial score (nSPS) is 23.9. The van der Waals surface area contributed by atoms with E-state index in [4.69, 9.17) is 21.1 Å². The van der Waals surface area contributed by atoms with Gasteiger partial charge in [0.15, 0.2) is 13.2 Å². The Hall–Kier alpha value is -2.91. The van der Waals surface area contributed by atoms with Crippen molar-refractivity contribution in [3.63, 3.8) is 0 Å². The number of halogens is 2. The Balaban J connectivity index is 1.16. The number of hydrogen-bond donors (Lipinski definition) is 3. The molecule has 2 bridgehead atoms. The fourth-order valence-electron chi connectivity index (χ4n) is 4.31. The predicted molar refractivity (Wildman–Crippen MR) is 113 cm³/mol. The van der Waals surface area contributed by atoms with Crippen molar-refractivity contribution in [2.45, 2.75) is 43.4 Å². The van der Waals surface area contributed by atoms with Crippen molar-refractivity contribution in [3.05, 3.63) is 53.1 Å². The van der Waals surface area contributed by atoms with Crippen molar-refractivity contribution in [3.8, 4) is 11.5 Å². The minimum absolute atomic E-state index is 0.0145. The fourth-order valence-corrected chi connectivity index (χ4v) is 4.42. The molecule has 1 aromatic heterocycles. The number of pyridine rings is 1. The summed E-state index contributed by atoms with van der Waals surface area (Å²) in [6.45, 7) is 1.23. The summed E-state index contributed by atoms with van der Waals surface area (Å²) in [5.41, 5.74) is -0.128. The third-order valence-electron chi connectivity index (χ3n) is 5.66. The van der Waals surface area contributed by atoms with E-state index in [-0.39, 0.29) is 46.9 Å². The van der Waals surface area contributed by atoms with Gasteiger partial charge in [0, 0.05) is 17.1 Å². The second-order valence-corrected chi connectivity index (χ2v) is 8.84. The first-order valence-electron chi connectivity index (χ1n) is 10.1. The lowest BCUT2D eigenvalue weighted by Gasteiger charge is -2.70. The van der Waals surface area contributed by atoms with Gasteiger partial charge in [-0.05, 0) is 50.5 Å². The van der Waals surface area contributed by atoms with Gasteiger partial charge in [0.1, 0.15) is 17.3 Å². The summed E-state index contributed by atoms with van der Waals surface area (Å²) < 4.78 is 24.2. The van der Waals surface area contributed by atoms with Crippen molar-refractivity contribution in [1.29, 1.82) is 0 Å². The third-order valence-corrected chi connectivity index (χ3v) is 5.96. The number of amides is 2. The molecular weight excluding hydrogens is 441 g/mol. The Labute approximate surface area is 189 Å². The monoisotopic (exact) mass is 463 g/mol. The molecule has 0 radical (unpaired) electrons. The Bertz CT molecular complexity index is 1010. The molecule has 170 valence electrons. The van der Waals surface area contributed by atoms with Crippen LogP contribution in [-0.2, 0) is 9.59 Å². The van der Waals surface area contributed by atoms with Crippen LogP contribution < -0.4 is 20.1 Å². The number of nitrogens with zero attached hydrogens (tertiary/aromatic N) is 1. The number of aliphatic hydroxyl groups excluding tert-OH is 1. The van der Waals surface area contributed by atoms with E-state index in [2.05, 4.69) is 15.6 Å². The lowest BCUT2D eigenvalue weighted by Crippen LogP contribution is -2.84. The van der Waals surface area contributed by atoms with Crippen LogP contribution in [0.1, 0.15) is 38.0 Å². The van der Waals surface area contributed by atoms with E-state index in [0.29, 0.717) is 30.7 Å². The highest BCUT2D eigenvalue weighted by molar-refractivity contribution is 6.30. The standard InChI is InChI=1S/C22H23ClFN3O5/c1-13(28)18-5-3-15(7-25-18)32-9-20(30)27-22-10-21(11-22,12-22)26-19(29)8-31-14-2-4-16(23)17(24)6-14/h2-7,13,28H,8-12H2,1H3,(H,26,29)(H,27,30). The van der Waals surface area contributed by atoms with Gasteiger partial charge in [-0.25, -0.2) is 4.39 Å². The predicted octanol–water partition coefficient (Wildman–Crippen LogP) is 2.29. The van der Waals surface area contributed by atoms with E-state index < -0.39 is 11.9 Å². The van der Waals surface area contributed by atoms with Crippen molar-refractivity contribution < 1.29 is 28.6 Å². The number of hydrogen-bond acceptors (Lipinski definition) is 6.